The number of piperidine rings is 1. The second kappa shape index (κ2) is 6.18. The van der Waals surface area contributed by atoms with Crippen molar-refractivity contribution in [3.63, 3.8) is 0 Å². The van der Waals surface area contributed by atoms with Crippen LogP contribution in [0.3, 0.4) is 0 Å². The van der Waals surface area contributed by atoms with Gasteiger partial charge in [0.25, 0.3) is 5.91 Å². The lowest BCUT2D eigenvalue weighted by molar-refractivity contribution is -0.156. The Kier molecular flexibility index (Phi) is 4.02. The molecule has 2 fully saturated rings. The van der Waals surface area contributed by atoms with Crippen LogP contribution in [0.5, 0.6) is 0 Å². The minimum atomic E-state index is -1.27. The molecular weight excluding hydrogens is 306 g/mol. The molecule has 0 radical (unpaired) electrons. The molecule has 6 nitrogen and oxygen atoms in total. The van der Waals surface area contributed by atoms with Gasteiger partial charge in [0.1, 0.15) is 5.52 Å². The monoisotopic (exact) mass is 329 g/mol. The zero-order valence-electron chi connectivity index (χ0n) is 13.8. The van der Waals surface area contributed by atoms with Crippen molar-refractivity contribution in [1.82, 2.24) is 14.8 Å². The third-order valence-corrected chi connectivity index (χ3v) is 5.04. The third-order valence-electron chi connectivity index (χ3n) is 5.04. The molecule has 1 aromatic carbocycles. The van der Waals surface area contributed by atoms with E-state index in [2.05, 4.69) is 9.88 Å². The van der Waals surface area contributed by atoms with Crippen molar-refractivity contribution in [3.8, 4) is 0 Å². The highest BCUT2D eigenvalue weighted by atomic mass is 16.3. The molecule has 1 aromatic heterocycles. The van der Waals surface area contributed by atoms with E-state index in [9.17, 15) is 9.90 Å². The summed E-state index contributed by atoms with van der Waals surface area (Å²) in [4.78, 5) is 21.0. The lowest BCUT2D eigenvalue weighted by Gasteiger charge is -2.39. The number of carbonyl (C=O) groups is 1. The van der Waals surface area contributed by atoms with Crippen molar-refractivity contribution in [3.05, 3.63) is 30.2 Å². The highest BCUT2D eigenvalue weighted by Gasteiger charge is 2.43. The standard InChI is InChI=1S/C18H23N3O3/c22-17(21-10-3-4-11-21)18(23)8-5-9-20(13-18)12-16-19-14-6-1-2-7-15(14)24-16/h1-2,6-7,23H,3-5,8-13H2. The number of oxazole rings is 1. The Labute approximate surface area is 141 Å². The summed E-state index contributed by atoms with van der Waals surface area (Å²) in [6.45, 7) is 3.25. The maximum Gasteiger partial charge on any atom is 0.255 e. The maximum absolute atomic E-state index is 12.7. The average Bonchev–Trinajstić information content (AvgIpc) is 3.23. The number of nitrogens with zero attached hydrogens (tertiary/aromatic N) is 3. The Morgan fingerprint density at radius 1 is 1.21 bits per heavy atom. The van der Waals surface area contributed by atoms with Gasteiger partial charge in [-0.25, -0.2) is 4.98 Å². The van der Waals surface area contributed by atoms with Gasteiger partial charge >= 0.3 is 0 Å². The first kappa shape index (κ1) is 15.6. The summed E-state index contributed by atoms with van der Waals surface area (Å²) in [6.07, 6.45) is 3.41. The molecule has 2 aliphatic heterocycles. The van der Waals surface area contributed by atoms with Gasteiger partial charge < -0.3 is 14.4 Å². The second-order valence-electron chi connectivity index (χ2n) is 6.92. The Balaban J connectivity index is 1.46. The number of amides is 1. The molecule has 24 heavy (non-hydrogen) atoms. The molecule has 1 atom stereocenters. The number of β-amino-alcohol motifs (C(OH)–C–C–N with tert-alkyl or cyclic N) is 1. The number of likely N-dealkylation sites (tertiary alicyclic amines) is 2. The van der Waals surface area contributed by atoms with Gasteiger partial charge in [0.15, 0.2) is 11.2 Å². The highest BCUT2D eigenvalue weighted by molar-refractivity contribution is 5.85. The molecule has 0 saturated carbocycles. The van der Waals surface area contributed by atoms with Crippen LogP contribution in [0.2, 0.25) is 0 Å². The van der Waals surface area contributed by atoms with E-state index < -0.39 is 5.60 Å². The minimum Gasteiger partial charge on any atom is -0.439 e. The maximum atomic E-state index is 12.7. The van der Waals surface area contributed by atoms with E-state index in [1.807, 2.05) is 29.2 Å². The molecule has 1 unspecified atom stereocenters. The molecule has 1 N–H and O–H groups in total. The van der Waals surface area contributed by atoms with Gasteiger partial charge in [0.05, 0.1) is 6.54 Å². The Bertz CT molecular complexity index is 705. The molecule has 2 saturated heterocycles. The zero-order valence-corrected chi connectivity index (χ0v) is 13.8. The summed E-state index contributed by atoms with van der Waals surface area (Å²) < 4.78 is 5.77. The normalized spacial score (nSPS) is 25.5. The molecule has 0 spiro atoms. The van der Waals surface area contributed by atoms with Crippen LogP contribution >= 0.6 is 0 Å². The number of aliphatic hydroxyl groups is 1. The van der Waals surface area contributed by atoms with Gasteiger partial charge in [-0.15, -0.1) is 0 Å². The van der Waals surface area contributed by atoms with E-state index in [4.69, 9.17) is 4.42 Å². The molecule has 0 aliphatic carbocycles. The van der Waals surface area contributed by atoms with Crippen LogP contribution in [0.1, 0.15) is 31.6 Å². The van der Waals surface area contributed by atoms with E-state index >= 15 is 0 Å². The summed E-state index contributed by atoms with van der Waals surface area (Å²) in [7, 11) is 0. The van der Waals surface area contributed by atoms with Crippen molar-refractivity contribution < 1.29 is 14.3 Å². The first-order chi connectivity index (χ1) is 11.6. The molecule has 2 aliphatic rings. The summed E-state index contributed by atoms with van der Waals surface area (Å²) in [5.74, 6) is 0.524. The zero-order chi connectivity index (χ0) is 16.6. The van der Waals surface area contributed by atoms with Gasteiger partial charge in [-0.2, -0.15) is 0 Å². The largest absolute Gasteiger partial charge is 0.439 e. The molecule has 3 heterocycles. The van der Waals surface area contributed by atoms with E-state index in [1.165, 1.54) is 0 Å². The Hall–Kier alpha value is -1.92. The van der Waals surface area contributed by atoms with Crippen LogP contribution < -0.4 is 0 Å². The van der Waals surface area contributed by atoms with E-state index in [1.54, 1.807) is 0 Å². The number of benzene rings is 1. The lowest BCUT2D eigenvalue weighted by atomic mass is 9.91. The van der Waals surface area contributed by atoms with E-state index in [0.717, 1.165) is 50.0 Å². The third kappa shape index (κ3) is 2.91. The average molecular weight is 329 g/mol. The number of rotatable bonds is 3. The Morgan fingerprint density at radius 2 is 2.00 bits per heavy atom. The fourth-order valence-electron chi connectivity index (χ4n) is 3.83. The van der Waals surface area contributed by atoms with Crippen LogP contribution in [0, 0.1) is 0 Å². The van der Waals surface area contributed by atoms with Crippen molar-refractivity contribution in [1.29, 1.82) is 0 Å². The van der Waals surface area contributed by atoms with Gasteiger partial charge in [-0.3, -0.25) is 9.69 Å². The smallest absolute Gasteiger partial charge is 0.255 e. The van der Waals surface area contributed by atoms with Crippen LogP contribution in [-0.4, -0.2) is 57.6 Å². The summed E-state index contributed by atoms with van der Waals surface area (Å²) >= 11 is 0. The van der Waals surface area contributed by atoms with Crippen molar-refractivity contribution >= 4 is 17.0 Å². The van der Waals surface area contributed by atoms with Crippen LogP contribution in [0.25, 0.3) is 11.1 Å². The van der Waals surface area contributed by atoms with Gasteiger partial charge in [-0.1, -0.05) is 12.1 Å². The predicted octanol–water partition coefficient (Wildman–Crippen LogP) is 1.78. The van der Waals surface area contributed by atoms with Crippen LogP contribution in [-0.2, 0) is 11.3 Å². The molecule has 0 bridgehead atoms. The van der Waals surface area contributed by atoms with E-state index in [-0.39, 0.29) is 5.91 Å². The topological polar surface area (TPSA) is 69.8 Å². The van der Waals surface area contributed by atoms with E-state index in [0.29, 0.717) is 25.4 Å². The number of carbonyl (C=O) groups excluding carboxylic acids is 1. The van der Waals surface area contributed by atoms with Gasteiger partial charge in [0, 0.05) is 19.6 Å². The minimum absolute atomic E-state index is 0.109. The number of fused-ring (bicyclic) bond motifs is 1. The molecule has 1 amide bonds. The first-order valence-electron chi connectivity index (χ1n) is 8.73. The molecule has 4 rings (SSSR count). The fraction of sp³-hybridized carbons (Fsp3) is 0.556. The van der Waals surface area contributed by atoms with Crippen LogP contribution in [0.4, 0.5) is 0 Å². The van der Waals surface area contributed by atoms with Crippen LogP contribution in [0.15, 0.2) is 28.7 Å². The highest BCUT2D eigenvalue weighted by Crippen LogP contribution is 2.27. The first-order valence-corrected chi connectivity index (χ1v) is 8.73. The molecule has 2 aromatic rings. The van der Waals surface area contributed by atoms with Crippen molar-refractivity contribution in [2.24, 2.45) is 0 Å². The summed E-state index contributed by atoms with van der Waals surface area (Å²) in [6, 6.07) is 7.68. The van der Waals surface area contributed by atoms with Gasteiger partial charge in [-0.05, 0) is 44.4 Å². The second-order valence-corrected chi connectivity index (χ2v) is 6.92. The Morgan fingerprint density at radius 3 is 2.79 bits per heavy atom. The number of para-hydroxylation sites is 2. The number of hydrogen-bond acceptors (Lipinski definition) is 5. The number of aromatic nitrogens is 1. The summed E-state index contributed by atoms with van der Waals surface area (Å²) in [5.41, 5.74) is 0.343. The lowest BCUT2D eigenvalue weighted by Crippen LogP contribution is -2.57. The van der Waals surface area contributed by atoms with Crippen molar-refractivity contribution in [2.45, 2.75) is 37.8 Å². The SMILES string of the molecule is O=C(N1CCCC1)C1(O)CCCN(Cc2nc3ccccc3o2)C1. The summed E-state index contributed by atoms with van der Waals surface area (Å²) in [5, 5.41) is 10.9. The van der Waals surface area contributed by atoms with Crippen molar-refractivity contribution in [2.75, 3.05) is 26.2 Å². The quantitative estimate of drug-likeness (QED) is 0.929. The molecule has 6 heteroatoms. The van der Waals surface area contributed by atoms with Gasteiger partial charge in [0.2, 0.25) is 5.89 Å². The molecular formula is C18H23N3O3. The molecule has 128 valence electrons. The fourth-order valence-corrected chi connectivity index (χ4v) is 3.83. The predicted molar refractivity (Wildman–Crippen MR) is 89.3 cm³/mol. The number of hydrogen-bond donors (Lipinski definition) is 1.